The summed E-state index contributed by atoms with van der Waals surface area (Å²) in [5.74, 6) is -5.71. The van der Waals surface area contributed by atoms with Crippen LogP contribution < -0.4 is 10.1 Å². The molecular weight excluding hydrogens is 518 g/mol. The summed E-state index contributed by atoms with van der Waals surface area (Å²) in [4.78, 5) is 12.6. The van der Waals surface area contributed by atoms with Gasteiger partial charge in [0.25, 0.3) is 5.91 Å². The van der Waals surface area contributed by atoms with Crippen molar-refractivity contribution in [3.63, 3.8) is 0 Å². The summed E-state index contributed by atoms with van der Waals surface area (Å²) in [5, 5.41) is 6.57. The van der Waals surface area contributed by atoms with Gasteiger partial charge >= 0.3 is 0 Å². The number of rotatable bonds is 7. The van der Waals surface area contributed by atoms with Crippen molar-refractivity contribution < 1.29 is 27.1 Å². The van der Waals surface area contributed by atoms with Gasteiger partial charge < -0.3 is 10.1 Å². The van der Waals surface area contributed by atoms with E-state index in [-0.39, 0.29) is 18.5 Å². The average Bonchev–Trinajstić information content (AvgIpc) is 3.26. The summed E-state index contributed by atoms with van der Waals surface area (Å²) >= 11 is 3.37. The molecule has 5 nitrogen and oxygen atoms in total. The highest BCUT2D eigenvalue weighted by molar-refractivity contribution is 9.10. The zero-order valence-electron chi connectivity index (χ0n) is 17.4. The van der Waals surface area contributed by atoms with Crippen molar-refractivity contribution in [3.05, 3.63) is 111 Å². The molecule has 0 radical (unpaired) electrons. The van der Waals surface area contributed by atoms with Gasteiger partial charge in [-0.25, -0.2) is 17.6 Å². The number of hydrogen-bond donors (Lipinski definition) is 1. The number of benzene rings is 3. The average molecular weight is 534 g/mol. The number of carbonyl (C=O) groups excluding carboxylic acids is 1. The van der Waals surface area contributed by atoms with Crippen LogP contribution in [0, 0.1) is 23.3 Å². The number of nitrogens with one attached hydrogen (secondary N) is 1. The van der Waals surface area contributed by atoms with Crippen LogP contribution in [0.3, 0.4) is 0 Å². The van der Waals surface area contributed by atoms with Crippen LogP contribution in [0.15, 0.2) is 71.3 Å². The standard InChI is InChI=1S/C24H16BrF4N3O2/c25-16-5-2-6-17(10-16)34-13-14-3-1-4-15(9-14)24(33)30-21-7-8-32(31-21)12-18-22(28)19(26)11-20(27)23(18)29/h1-11H,12-13H2,(H,30,31,33). The van der Waals surface area contributed by atoms with Crippen LogP contribution in [0.1, 0.15) is 21.5 Å². The first-order valence-corrected chi connectivity index (χ1v) is 10.7. The van der Waals surface area contributed by atoms with Crippen LogP contribution in [-0.2, 0) is 13.2 Å². The van der Waals surface area contributed by atoms with Gasteiger partial charge in [0.2, 0.25) is 0 Å². The number of nitrogens with zero attached hydrogens (tertiary/aromatic N) is 2. The van der Waals surface area contributed by atoms with Crippen molar-refractivity contribution in [2.24, 2.45) is 0 Å². The molecule has 1 aromatic heterocycles. The fraction of sp³-hybridized carbons (Fsp3) is 0.0833. The van der Waals surface area contributed by atoms with Gasteiger partial charge in [-0.05, 0) is 35.9 Å². The van der Waals surface area contributed by atoms with E-state index in [4.69, 9.17) is 4.74 Å². The predicted molar refractivity (Wildman–Crippen MR) is 120 cm³/mol. The highest BCUT2D eigenvalue weighted by Crippen LogP contribution is 2.21. The normalized spacial score (nSPS) is 10.9. The predicted octanol–water partition coefficient (Wildman–Crippen LogP) is 6.08. The summed E-state index contributed by atoms with van der Waals surface area (Å²) in [6.07, 6.45) is 1.32. The van der Waals surface area contributed by atoms with Crippen LogP contribution >= 0.6 is 15.9 Å². The minimum atomic E-state index is -1.50. The van der Waals surface area contributed by atoms with Gasteiger partial charge in [-0.1, -0.05) is 34.1 Å². The Morgan fingerprint density at radius 2 is 1.71 bits per heavy atom. The maximum atomic E-state index is 13.9. The minimum absolute atomic E-state index is 0.0958. The van der Waals surface area contributed by atoms with Crippen molar-refractivity contribution in [2.75, 3.05) is 5.32 Å². The lowest BCUT2D eigenvalue weighted by Crippen LogP contribution is -2.14. The van der Waals surface area contributed by atoms with Gasteiger partial charge in [0.15, 0.2) is 29.1 Å². The van der Waals surface area contributed by atoms with E-state index < -0.39 is 41.3 Å². The molecule has 0 bridgehead atoms. The maximum Gasteiger partial charge on any atom is 0.256 e. The zero-order valence-corrected chi connectivity index (χ0v) is 19.0. The van der Waals surface area contributed by atoms with E-state index in [0.717, 1.165) is 14.7 Å². The van der Waals surface area contributed by atoms with E-state index in [1.165, 1.54) is 12.3 Å². The number of ether oxygens (including phenoxy) is 1. The molecule has 10 heteroatoms. The molecule has 0 unspecified atom stereocenters. The lowest BCUT2D eigenvalue weighted by atomic mass is 10.1. The maximum absolute atomic E-state index is 13.9. The van der Waals surface area contributed by atoms with E-state index in [2.05, 4.69) is 26.3 Å². The summed E-state index contributed by atoms with van der Waals surface area (Å²) in [6.45, 7) is -0.321. The van der Waals surface area contributed by atoms with Gasteiger partial charge in [0.1, 0.15) is 12.4 Å². The molecule has 0 fully saturated rings. The molecule has 4 aromatic rings. The Hall–Kier alpha value is -3.66. The summed E-state index contributed by atoms with van der Waals surface area (Å²) < 4.78 is 62.3. The Bertz CT molecular complexity index is 1330. The Morgan fingerprint density at radius 1 is 0.971 bits per heavy atom. The first-order chi connectivity index (χ1) is 16.3. The van der Waals surface area contributed by atoms with E-state index in [1.54, 1.807) is 18.2 Å². The highest BCUT2D eigenvalue weighted by atomic mass is 79.9. The molecule has 0 saturated heterocycles. The Labute approximate surface area is 200 Å². The second-order valence-electron chi connectivity index (χ2n) is 7.25. The molecule has 4 rings (SSSR count). The Balaban J connectivity index is 1.42. The molecule has 0 aliphatic carbocycles. The van der Waals surface area contributed by atoms with Crippen molar-refractivity contribution >= 4 is 27.7 Å². The van der Waals surface area contributed by atoms with Crippen molar-refractivity contribution in [1.82, 2.24) is 9.78 Å². The van der Waals surface area contributed by atoms with E-state index in [0.29, 0.717) is 11.3 Å². The first-order valence-electron chi connectivity index (χ1n) is 9.94. The Kier molecular flexibility index (Phi) is 6.97. The molecule has 0 atom stereocenters. The molecular formula is C24H16BrF4N3O2. The molecule has 0 saturated carbocycles. The van der Waals surface area contributed by atoms with Crippen molar-refractivity contribution in [1.29, 1.82) is 0 Å². The van der Waals surface area contributed by atoms with Gasteiger partial charge in [-0.15, -0.1) is 0 Å². The third-order valence-corrected chi connectivity index (χ3v) is 5.29. The van der Waals surface area contributed by atoms with Gasteiger partial charge in [-0.2, -0.15) is 5.10 Å². The van der Waals surface area contributed by atoms with Crippen LogP contribution in [0.5, 0.6) is 5.75 Å². The second kappa shape index (κ2) is 10.1. The summed E-state index contributed by atoms with van der Waals surface area (Å²) in [6, 6.07) is 15.7. The highest BCUT2D eigenvalue weighted by Gasteiger charge is 2.20. The number of hydrogen-bond acceptors (Lipinski definition) is 3. The van der Waals surface area contributed by atoms with Crippen molar-refractivity contribution in [2.45, 2.75) is 13.2 Å². The Morgan fingerprint density at radius 3 is 2.44 bits per heavy atom. The first kappa shape index (κ1) is 23.5. The monoisotopic (exact) mass is 533 g/mol. The lowest BCUT2D eigenvalue weighted by molar-refractivity contribution is 0.102. The fourth-order valence-electron chi connectivity index (χ4n) is 3.15. The molecule has 0 aliphatic heterocycles. The molecule has 34 heavy (non-hydrogen) atoms. The molecule has 0 spiro atoms. The number of aromatic nitrogens is 2. The summed E-state index contributed by atoms with van der Waals surface area (Å²) in [7, 11) is 0. The fourth-order valence-corrected chi connectivity index (χ4v) is 3.53. The minimum Gasteiger partial charge on any atom is -0.489 e. The number of halogens is 5. The van der Waals surface area contributed by atoms with Crippen LogP contribution in [0.25, 0.3) is 0 Å². The van der Waals surface area contributed by atoms with Gasteiger partial charge in [0.05, 0.1) is 12.1 Å². The zero-order chi connectivity index (χ0) is 24.2. The molecule has 0 aliphatic rings. The van der Waals surface area contributed by atoms with E-state index in [1.807, 2.05) is 30.3 Å². The van der Waals surface area contributed by atoms with Crippen LogP contribution in [-0.4, -0.2) is 15.7 Å². The smallest absolute Gasteiger partial charge is 0.256 e. The number of amides is 1. The topological polar surface area (TPSA) is 56.2 Å². The SMILES string of the molecule is O=C(Nc1ccn(Cc2c(F)c(F)cc(F)c2F)n1)c1cccc(COc2cccc(Br)c2)c1. The number of anilines is 1. The van der Waals surface area contributed by atoms with Crippen molar-refractivity contribution in [3.8, 4) is 5.75 Å². The number of carbonyl (C=O) groups is 1. The molecule has 174 valence electrons. The molecule has 1 amide bonds. The van der Waals surface area contributed by atoms with Crippen LogP contribution in [0.2, 0.25) is 0 Å². The molecule has 1 heterocycles. The third kappa shape index (κ3) is 5.45. The lowest BCUT2D eigenvalue weighted by Gasteiger charge is -2.09. The largest absolute Gasteiger partial charge is 0.489 e. The third-order valence-electron chi connectivity index (χ3n) is 4.80. The molecule has 3 aromatic carbocycles. The van der Waals surface area contributed by atoms with E-state index in [9.17, 15) is 22.4 Å². The van der Waals surface area contributed by atoms with Gasteiger partial charge in [0, 0.05) is 28.4 Å². The quantitative estimate of drug-likeness (QED) is 0.231. The molecule has 1 N–H and O–H groups in total. The second-order valence-corrected chi connectivity index (χ2v) is 8.16. The van der Waals surface area contributed by atoms with Gasteiger partial charge in [-0.3, -0.25) is 9.48 Å². The van der Waals surface area contributed by atoms with Crippen LogP contribution in [0.4, 0.5) is 23.4 Å². The van der Waals surface area contributed by atoms with E-state index >= 15 is 0 Å². The summed E-state index contributed by atoms with van der Waals surface area (Å²) in [5.41, 5.74) is 0.294.